The van der Waals surface area contributed by atoms with E-state index >= 15 is 0 Å². The van der Waals surface area contributed by atoms with E-state index in [0.717, 1.165) is 0 Å². The molecule has 0 atom stereocenters. The van der Waals surface area contributed by atoms with Crippen molar-refractivity contribution >= 4 is 11.4 Å². The van der Waals surface area contributed by atoms with Gasteiger partial charge in [0.1, 0.15) is 12.1 Å². The predicted octanol–water partition coefficient (Wildman–Crippen LogP) is 1.15. The summed E-state index contributed by atoms with van der Waals surface area (Å²) in [5.74, 6) is 0.231. The zero-order valence-corrected chi connectivity index (χ0v) is 8.81. The van der Waals surface area contributed by atoms with Crippen molar-refractivity contribution in [1.29, 1.82) is 0 Å². The molecule has 0 aliphatic carbocycles. The average Bonchev–Trinajstić information content (AvgIpc) is 2.63. The van der Waals surface area contributed by atoms with E-state index in [1.165, 1.54) is 6.07 Å². The van der Waals surface area contributed by atoms with Crippen molar-refractivity contribution in [1.82, 2.24) is 14.8 Å². The van der Waals surface area contributed by atoms with Crippen LogP contribution in [0, 0.1) is 5.82 Å². The quantitative estimate of drug-likeness (QED) is 0.763. The summed E-state index contributed by atoms with van der Waals surface area (Å²) in [7, 11) is 1.78. The second kappa shape index (κ2) is 4.18. The number of hydrogen-bond donors (Lipinski definition) is 2. The van der Waals surface area contributed by atoms with Crippen molar-refractivity contribution in [2.45, 2.75) is 6.54 Å². The van der Waals surface area contributed by atoms with Gasteiger partial charge in [0.25, 0.3) is 0 Å². The second-order valence-electron chi connectivity index (χ2n) is 3.43. The van der Waals surface area contributed by atoms with Gasteiger partial charge in [0.05, 0.1) is 12.2 Å². The van der Waals surface area contributed by atoms with Crippen LogP contribution in [0.25, 0.3) is 0 Å². The van der Waals surface area contributed by atoms with Crippen molar-refractivity contribution in [3.8, 4) is 0 Å². The third-order valence-corrected chi connectivity index (χ3v) is 2.08. The first-order valence-corrected chi connectivity index (χ1v) is 4.78. The summed E-state index contributed by atoms with van der Waals surface area (Å²) in [5, 5.41) is 6.97. The van der Waals surface area contributed by atoms with E-state index in [2.05, 4.69) is 15.4 Å². The van der Waals surface area contributed by atoms with Crippen LogP contribution < -0.4 is 11.1 Å². The topological polar surface area (TPSA) is 68.8 Å². The van der Waals surface area contributed by atoms with E-state index in [-0.39, 0.29) is 5.82 Å². The number of benzene rings is 1. The van der Waals surface area contributed by atoms with Gasteiger partial charge in [-0.2, -0.15) is 5.10 Å². The maximum atomic E-state index is 13.4. The third kappa shape index (κ3) is 2.28. The lowest BCUT2D eigenvalue weighted by Crippen LogP contribution is -2.04. The van der Waals surface area contributed by atoms with Crippen molar-refractivity contribution < 1.29 is 4.39 Å². The molecule has 0 spiro atoms. The van der Waals surface area contributed by atoms with Crippen LogP contribution >= 0.6 is 0 Å². The number of nitrogens with one attached hydrogen (secondary N) is 1. The van der Waals surface area contributed by atoms with Crippen molar-refractivity contribution in [2.24, 2.45) is 7.05 Å². The Morgan fingerprint density at radius 2 is 2.31 bits per heavy atom. The molecule has 0 bridgehead atoms. The zero-order chi connectivity index (χ0) is 11.5. The summed E-state index contributed by atoms with van der Waals surface area (Å²) in [6.07, 6.45) is 1.59. The van der Waals surface area contributed by atoms with Gasteiger partial charge in [0.2, 0.25) is 0 Å². The van der Waals surface area contributed by atoms with Gasteiger partial charge in [-0.15, -0.1) is 0 Å². The number of anilines is 2. The first-order chi connectivity index (χ1) is 7.65. The van der Waals surface area contributed by atoms with Gasteiger partial charge < -0.3 is 11.1 Å². The predicted molar refractivity (Wildman–Crippen MR) is 59.1 cm³/mol. The van der Waals surface area contributed by atoms with Gasteiger partial charge in [0.15, 0.2) is 5.82 Å². The van der Waals surface area contributed by atoms with Crippen LogP contribution in [0.3, 0.4) is 0 Å². The number of hydrogen-bond acceptors (Lipinski definition) is 4. The van der Waals surface area contributed by atoms with Gasteiger partial charge in [0, 0.05) is 12.7 Å². The van der Waals surface area contributed by atoms with Crippen molar-refractivity contribution in [2.75, 3.05) is 11.1 Å². The minimum Gasteiger partial charge on any atom is -0.399 e. The SMILES string of the molecule is Cn1cnc(CNc2ccc(N)cc2F)n1. The summed E-state index contributed by atoms with van der Waals surface area (Å²) >= 11 is 0. The maximum Gasteiger partial charge on any atom is 0.169 e. The highest BCUT2D eigenvalue weighted by molar-refractivity contribution is 5.52. The van der Waals surface area contributed by atoms with E-state index < -0.39 is 0 Å². The molecule has 0 saturated carbocycles. The molecule has 6 heteroatoms. The van der Waals surface area contributed by atoms with Crippen LogP contribution in [-0.4, -0.2) is 14.8 Å². The fourth-order valence-electron chi connectivity index (χ4n) is 1.31. The molecular formula is C10H12FN5. The smallest absolute Gasteiger partial charge is 0.169 e. The minimum atomic E-state index is -0.379. The molecule has 1 aromatic carbocycles. The van der Waals surface area contributed by atoms with Gasteiger partial charge >= 0.3 is 0 Å². The molecule has 0 radical (unpaired) electrons. The van der Waals surface area contributed by atoms with Crippen molar-refractivity contribution in [3.05, 3.63) is 36.2 Å². The van der Waals surface area contributed by atoms with Gasteiger partial charge in [-0.3, -0.25) is 4.68 Å². The number of nitrogen functional groups attached to an aromatic ring is 1. The van der Waals surface area contributed by atoms with Gasteiger partial charge in [-0.1, -0.05) is 0 Å². The highest BCUT2D eigenvalue weighted by atomic mass is 19.1. The Balaban J connectivity index is 2.04. The number of aromatic nitrogens is 3. The van der Waals surface area contributed by atoms with Crippen molar-refractivity contribution in [3.63, 3.8) is 0 Å². The summed E-state index contributed by atoms with van der Waals surface area (Å²) < 4.78 is 15.0. The molecule has 0 aliphatic rings. The molecule has 0 amide bonds. The molecular weight excluding hydrogens is 209 g/mol. The molecule has 0 unspecified atom stereocenters. The first kappa shape index (κ1) is 10.4. The molecule has 0 saturated heterocycles. The van der Waals surface area contributed by atoms with Crippen LogP contribution in [0.15, 0.2) is 24.5 Å². The van der Waals surface area contributed by atoms with Gasteiger partial charge in [-0.05, 0) is 18.2 Å². The van der Waals surface area contributed by atoms with Gasteiger partial charge in [-0.25, -0.2) is 9.37 Å². The minimum absolute atomic E-state index is 0.377. The zero-order valence-electron chi connectivity index (χ0n) is 8.81. The summed E-state index contributed by atoms with van der Waals surface area (Å²) in [5.41, 5.74) is 6.23. The highest BCUT2D eigenvalue weighted by Crippen LogP contribution is 2.17. The van der Waals surface area contributed by atoms with Crippen LogP contribution in [-0.2, 0) is 13.6 Å². The van der Waals surface area contributed by atoms with Crippen LogP contribution in [0.1, 0.15) is 5.82 Å². The monoisotopic (exact) mass is 221 g/mol. The summed E-state index contributed by atoms with van der Waals surface area (Å²) in [4.78, 5) is 4.02. The van der Waals surface area contributed by atoms with Crippen LogP contribution in [0.2, 0.25) is 0 Å². The average molecular weight is 221 g/mol. The number of halogens is 1. The molecule has 5 nitrogen and oxygen atoms in total. The van der Waals surface area contributed by atoms with E-state index in [1.807, 2.05) is 0 Å². The first-order valence-electron chi connectivity index (χ1n) is 4.78. The molecule has 1 aromatic heterocycles. The summed E-state index contributed by atoms with van der Waals surface area (Å²) in [6, 6.07) is 4.50. The maximum absolute atomic E-state index is 13.4. The molecule has 3 N–H and O–H groups in total. The number of nitrogens with two attached hydrogens (primary N) is 1. The van der Waals surface area contributed by atoms with Crippen LogP contribution in [0.5, 0.6) is 0 Å². The number of rotatable bonds is 3. The Hall–Kier alpha value is -2.11. The second-order valence-corrected chi connectivity index (χ2v) is 3.43. The molecule has 84 valence electrons. The van der Waals surface area contributed by atoms with E-state index in [4.69, 9.17) is 5.73 Å². The lowest BCUT2D eigenvalue weighted by Gasteiger charge is -2.05. The lowest BCUT2D eigenvalue weighted by atomic mass is 10.2. The van der Waals surface area contributed by atoms with E-state index in [0.29, 0.717) is 23.7 Å². The Kier molecular flexibility index (Phi) is 2.72. The highest BCUT2D eigenvalue weighted by Gasteiger charge is 2.03. The Morgan fingerprint density at radius 3 is 2.94 bits per heavy atom. The Bertz CT molecular complexity index is 494. The fourth-order valence-corrected chi connectivity index (χ4v) is 1.31. The third-order valence-electron chi connectivity index (χ3n) is 2.08. The summed E-state index contributed by atoms with van der Waals surface area (Å²) in [6.45, 7) is 0.377. The Labute approximate surface area is 92.1 Å². The number of aryl methyl sites for hydroxylation is 1. The molecule has 1 heterocycles. The Morgan fingerprint density at radius 1 is 1.50 bits per heavy atom. The van der Waals surface area contributed by atoms with Crippen LogP contribution in [0.4, 0.5) is 15.8 Å². The lowest BCUT2D eigenvalue weighted by molar-refractivity contribution is 0.630. The number of nitrogens with zero attached hydrogens (tertiary/aromatic N) is 3. The molecule has 0 fully saturated rings. The standard InChI is InChI=1S/C10H12FN5/c1-16-6-14-10(15-16)5-13-9-3-2-7(12)4-8(9)11/h2-4,6,13H,5,12H2,1H3. The molecule has 2 aromatic rings. The normalized spacial score (nSPS) is 10.4. The molecule has 16 heavy (non-hydrogen) atoms. The van der Waals surface area contributed by atoms with E-state index in [1.54, 1.807) is 30.2 Å². The van der Waals surface area contributed by atoms with E-state index in [9.17, 15) is 4.39 Å². The molecule has 2 rings (SSSR count). The largest absolute Gasteiger partial charge is 0.399 e. The fraction of sp³-hybridized carbons (Fsp3) is 0.200. The molecule has 0 aliphatic heterocycles.